The van der Waals surface area contributed by atoms with Gasteiger partial charge in [0.05, 0.1) is 11.4 Å². The van der Waals surface area contributed by atoms with Gasteiger partial charge in [-0.05, 0) is 37.7 Å². The summed E-state index contributed by atoms with van der Waals surface area (Å²) in [5.41, 5.74) is 3.73. The molecule has 0 saturated carbocycles. The molecule has 1 aliphatic rings. The van der Waals surface area contributed by atoms with E-state index in [4.69, 9.17) is 0 Å². The van der Waals surface area contributed by atoms with Crippen molar-refractivity contribution in [1.29, 1.82) is 5.26 Å². The Kier molecular flexibility index (Phi) is 4.57. The number of nitrogens with zero attached hydrogens (tertiary/aromatic N) is 4. The summed E-state index contributed by atoms with van der Waals surface area (Å²) >= 11 is 0. The average Bonchev–Trinajstić information content (AvgIpc) is 2.62. The molecule has 0 amide bonds. The van der Waals surface area contributed by atoms with Crippen LogP contribution in [0.1, 0.15) is 48.3 Å². The monoisotopic (exact) mass is 306 g/mol. The van der Waals surface area contributed by atoms with Crippen LogP contribution in [0.15, 0.2) is 30.3 Å². The first-order valence-electron chi connectivity index (χ1n) is 8.30. The van der Waals surface area contributed by atoms with Crippen molar-refractivity contribution in [1.82, 2.24) is 9.97 Å². The highest BCUT2D eigenvalue weighted by molar-refractivity contribution is 5.51. The minimum atomic E-state index is 0.464. The normalized spacial score (nSPS) is 15.4. The Hall–Kier alpha value is -2.41. The van der Waals surface area contributed by atoms with Gasteiger partial charge >= 0.3 is 0 Å². The van der Waals surface area contributed by atoms with Crippen LogP contribution in [-0.2, 0) is 6.42 Å². The number of rotatable bonds is 3. The van der Waals surface area contributed by atoms with Gasteiger partial charge in [0.25, 0.3) is 0 Å². The van der Waals surface area contributed by atoms with Crippen molar-refractivity contribution in [3.05, 3.63) is 53.0 Å². The predicted molar refractivity (Wildman–Crippen MR) is 91.5 cm³/mol. The Labute approximate surface area is 137 Å². The maximum absolute atomic E-state index is 9.41. The van der Waals surface area contributed by atoms with Gasteiger partial charge in [0, 0.05) is 13.1 Å². The number of hydrogen-bond donors (Lipinski definition) is 0. The van der Waals surface area contributed by atoms with E-state index < -0.39 is 0 Å². The first kappa shape index (κ1) is 15.5. The molecule has 4 nitrogen and oxygen atoms in total. The third-order valence-corrected chi connectivity index (χ3v) is 4.66. The lowest BCUT2D eigenvalue weighted by atomic mass is 9.89. The second kappa shape index (κ2) is 6.78. The molecule has 1 aromatic heterocycles. The molecule has 23 heavy (non-hydrogen) atoms. The fourth-order valence-corrected chi connectivity index (χ4v) is 3.32. The lowest BCUT2D eigenvalue weighted by molar-refractivity contribution is 0.501. The van der Waals surface area contributed by atoms with Crippen LogP contribution in [0.5, 0.6) is 0 Å². The quantitative estimate of drug-likeness (QED) is 0.869. The Balaban J connectivity index is 1.78. The zero-order chi connectivity index (χ0) is 16.2. The molecular formula is C19H22N4. The molecule has 0 spiro atoms. The zero-order valence-electron chi connectivity index (χ0n) is 13.8. The van der Waals surface area contributed by atoms with Crippen molar-refractivity contribution in [2.45, 2.75) is 39.0 Å². The number of aromatic nitrogens is 2. The fourth-order valence-electron chi connectivity index (χ4n) is 3.32. The fraction of sp³-hybridized carbons (Fsp3) is 0.421. The summed E-state index contributed by atoms with van der Waals surface area (Å²) in [6, 6.07) is 12.9. The van der Waals surface area contributed by atoms with Gasteiger partial charge in [-0.3, -0.25) is 0 Å². The predicted octanol–water partition coefficient (Wildman–Crippen LogP) is 3.60. The van der Waals surface area contributed by atoms with Gasteiger partial charge in [-0.2, -0.15) is 5.26 Å². The van der Waals surface area contributed by atoms with Gasteiger partial charge < -0.3 is 4.90 Å². The van der Waals surface area contributed by atoms with E-state index in [1.165, 1.54) is 5.56 Å². The van der Waals surface area contributed by atoms with Gasteiger partial charge in [-0.25, -0.2) is 9.97 Å². The topological polar surface area (TPSA) is 52.8 Å². The summed E-state index contributed by atoms with van der Waals surface area (Å²) in [5.74, 6) is 1.36. The van der Waals surface area contributed by atoms with Crippen LogP contribution in [0.4, 0.5) is 5.82 Å². The van der Waals surface area contributed by atoms with Crippen LogP contribution in [0.2, 0.25) is 0 Å². The molecule has 4 heteroatoms. The molecule has 3 rings (SSSR count). The summed E-state index contributed by atoms with van der Waals surface area (Å²) in [6.45, 7) is 5.87. The third kappa shape index (κ3) is 3.19. The highest BCUT2D eigenvalue weighted by Gasteiger charge is 2.24. The Morgan fingerprint density at radius 3 is 2.48 bits per heavy atom. The number of piperidine rings is 1. The van der Waals surface area contributed by atoms with Gasteiger partial charge in [0.2, 0.25) is 0 Å². The maximum Gasteiger partial charge on any atom is 0.183 e. The van der Waals surface area contributed by atoms with E-state index in [1.54, 1.807) is 0 Å². The van der Waals surface area contributed by atoms with Crippen molar-refractivity contribution in [3.63, 3.8) is 0 Å². The van der Waals surface area contributed by atoms with Crippen LogP contribution in [-0.4, -0.2) is 23.1 Å². The van der Waals surface area contributed by atoms with E-state index in [0.29, 0.717) is 11.6 Å². The molecule has 1 fully saturated rings. The van der Waals surface area contributed by atoms with Crippen molar-refractivity contribution in [2.24, 2.45) is 0 Å². The molecule has 2 aromatic rings. The first-order chi connectivity index (χ1) is 11.2. The zero-order valence-corrected chi connectivity index (χ0v) is 13.8. The van der Waals surface area contributed by atoms with Gasteiger partial charge in [-0.15, -0.1) is 0 Å². The molecule has 0 unspecified atom stereocenters. The van der Waals surface area contributed by atoms with E-state index in [0.717, 1.165) is 49.6 Å². The van der Waals surface area contributed by atoms with Gasteiger partial charge in [-0.1, -0.05) is 37.3 Å². The number of anilines is 1. The molecule has 0 aliphatic carbocycles. The standard InChI is InChI=1S/C19H22N4/c1-3-17-14(2)21-19(18(13-20)22-17)23-11-9-16(10-12-23)15-7-5-4-6-8-15/h4-8,16H,3,9-12H2,1-2H3. The van der Waals surface area contributed by atoms with Crippen molar-refractivity contribution >= 4 is 5.82 Å². The van der Waals surface area contributed by atoms with E-state index in [-0.39, 0.29) is 0 Å². The Morgan fingerprint density at radius 1 is 1.17 bits per heavy atom. The van der Waals surface area contributed by atoms with Crippen LogP contribution < -0.4 is 4.90 Å². The van der Waals surface area contributed by atoms with Crippen molar-refractivity contribution in [3.8, 4) is 6.07 Å². The van der Waals surface area contributed by atoms with Gasteiger partial charge in [0.15, 0.2) is 11.5 Å². The van der Waals surface area contributed by atoms with Crippen molar-refractivity contribution < 1.29 is 0 Å². The highest BCUT2D eigenvalue weighted by Crippen LogP contribution is 2.30. The summed E-state index contributed by atoms with van der Waals surface area (Å²) in [5, 5.41) is 9.41. The number of hydrogen-bond acceptors (Lipinski definition) is 4. The number of benzene rings is 1. The molecular weight excluding hydrogens is 284 g/mol. The van der Waals surface area contributed by atoms with E-state index >= 15 is 0 Å². The summed E-state index contributed by atoms with van der Waals surface area (Å²) < 4.78 is 0. The van der Waals surface area contributed by atoms with E-state index in [9.17, 15) is 5.26 Å². The molecule has 1 aromatic carbocycles. The summed E-state index contributed by atoms with van der Waals surface area (Å²) in [4.78, 5) is 11.4. The molecule has 0 atom stereocenters. The van der Waals surface area contributed by atoms with Crippen LogP contribution in [0, 0.1) is 18.3 Å². The summed E-state index contributed by atoms with van der Waals surface area (Å²) in [7, 11) is 0. The second-order valence-electron chi connectivity index (χ2n) is 6.07. The van der Waals surface area contributed by atoms with E-state index in [2.05, 4.69) is 51.3 Å². The average molecular weight is 306 g/mol. The summed E-state index contributed by atoms with van der Waals surface area (Å²) in [6.07, 6.45) is 2.99. The molecule has 0 radical (unpaired) electrons. The molecule has 0 N–H and O–H groups in total. The SMILES string of the molecule is CCc1nc(C#N)c(N2CCC(c3ccccc3)CC2)nc1C. The minimum Gasteiger partial charge on any atom is -0.354 e. The van der Waals surface area contributed by atoms with Gasteiger partial charge in [0.1, 0.15) is 6.07 Å². The minimum absolute atomic E-state index is 0.464. The lowest BCUT2D eigenvalue weighted by Crippen LogP contribution is -2.34. The number of aryl methyl sites for hydroxylation is 2. The highest BCUT2D eigenvalue weighted by atomic mass is 15.2. The molecule has 118 valence electrons. The first-order valence-corrected chi connectivity index (χ1v) is 8.30. The lowest BCUT2D eigenvalue weighted by Gasteiger charge is -2.33. The molecule has 0 bridgehead atoms. The molecule has 2 heterocycles. The van der Waals surface area contributed by atoms with Crippen LogP contribution >= 0.6 is 0 Å². The number of nitriles is 1. The molecule has 1 saturated heterocycles. The third-order valence-electron chi connectivity index (χ3n) is 4.66. The van der Waals surface area contributed by atoms with Crippen LogP contribution in [0.25, 0.3) is 0 Å². The maximum atomic E-state index is 9.41. The Morgan fingerprint density at radius 2 is 1.87 bits per heavy atom. The van der Waals surface area contributed by atoms with E-state index in [1.807, 2.05) is 13.8 Å². The smallest absolute Gasteiger partial charge is 0.183 e. The van der Waals surface area contributed by atoms with Crippen molar-refractivity contribution in [2.75, 3.05) is 18.0 Å². The van der Waals surface area contributed by atoms with Crippen LogP contribution in [0.3, 0.4) is 0 Å². The second-order valence-corrected chi connectivity index (χ2v) is 6.07. The largest absolute Gasteiger partial charge is 0.354 e. The molecule has 1 aliphatic heterocycles. The Bertz CT molecular complexity index is 710.